The summed E-state index contributed by atoms with van der Waals surface area (Å²) in [5, 5.41) is 0.862. The maximum Gasteiger partial charge on any atom is 0.250 e. The summed E-state index contributed by atoms with van der Waals surface area (Å²) in [6.07, 6.45) is 1.16. The summed E-state index contributed by atoms with van der Waals surface area (Å²) < 4.78 is 0. The van der Waals surface area contributed by atoms with E-state index in [1.165, 1.54) is 11.1 Å². The smallest absolute Gasteiger partial charge is 0.250 e. The van der Waals surface area contributed by atoms with E-state index in [-0.39, 0.29) is 0 Å². The fraction of sp³-hybridized carbons (Fsp3) is 0.0714. The van der Waals surface area contributed by atoms with E-state index in [2.05, 4.69) is 6.07 Å². The van der Waals surface area contributed by atoms with Crippen LogP contribution in [0.25, 0.3) is 0 Å². The van der Waals surface area contributed by atoms with Crippen LogP contribution in [0.4, 0.5) is 5.69 Å². The normalized spacial score (nSPS) is 10.9. The maximum absolute atomic E-state index is 10.6. The summed E-state index contributed by atoms with van der Waals surface area (Å²) in [7, 11) is 0. The summed E-state index contributed by atoms with van der Waals surface area (Å²) in [5.41, 5.74) is 14.1. The Bertz CT molecular complexity index is 595. The van der Waals surface area contributed by atoms with Crippen LogP contribution in [0.5, 0.6) is 0 Å². The molecule has 2 aromatic rings. The van der Waals surface area contributed by atoms with Gasteiger partial charge in [0, 0.05) is 10.7 Å². The molecule has 3 rings (SSSR count). The average Bonchev–Trinajstić information content (AvgIpc) is 3.08. The number of nitrogens with two attached hydrogens (primary N) is 2. The molecule has 0 aliphatic heterocycles. The Morgan fingerprint density at radius 2 is 1.83 bits per heavy atom. The van der Waals surface area contributed by atoms with E-state index in [4.69, 9.17) is 23.1 Å². The highest BCUT2D eigenvalue weighted by Crippen LogP contribution is 2.29. The van der Waals surface area contributed by atoms with Gasteiger partial charge in [-0.3, -0.25) is 4.79 Å². The molecule has 92 valence electrons. The minimum atomic E-state index is -0.488. The van der Waals surface area contributed by atoms with Gasteiger partial charge in [0.1, 0.15) is 0 Å². The number of para-hydroxylation sites is 1. The number of anilines is 1. The fourth-order valence-corrected chi connectivity index (χ4v) is 1.78. The molecule has 0 fully saturated rings. The number of hydrogen-bond acceptors (Lipinski definition) is 2. The van der Waals surface area contributed by atoms with Crippen molar-refractivity contribution in [2.45, 2.75) is 6.42 Å². The minimum Gasteiger partial charge on any atom is -0.398 e. The van der Waals surface area contributed by atoms with Crippen molar-refractivity contribution in [3.8, 4) is 0 Å². The van der Waals surface area contributed by atoms with E-state index < -0.39 is 5.91 Å². The van der Waals surface area contributed by atoms with Gasteiger partial charge < -0.3 is 11.5 Å². The quantitative estimate of drug-likeness (QED) is 0.661. The molecule has 0 radical (unpaired) electrons. The van der Waals surface area contributed by atoms with Crippen LogP contribution in [0.2, 0.25) is 5.02 Å². The van der Waals surface area contributed by atoms with Gasteiger partial charge in [-0.2, -0.15) is 0 Å². The van der Waals surface area contributed by atoms with Crippen LogP contribution in [-0.2, 0) is 6.42 Å². The first-order chi connectivity index (χ1) is 8.58. The zero-order valence-electron chi connectivity index (χ0n) is 9.69. The molecule has 0 unspecified atom stereocenters. The van der Waals surface area contributed by atoms with Gasteiger partial charge >= 0.3 is 0 Å². The predicted octanol–water partition coefficient (Wildman–Crippen LogP) is 2.61. The Morgan fingerprint density at radius 3 is 2.33 bits per heavy atom. The molecule has 0 bridgehead atoms. The van der Waals surface area contributed by atoms with E-state index in [9.17, 15) is 4.79 Å². The Labute approximate surface area is 110 Å². The second-order valence-electron chi connectivity index (χ2n) is 4.04. The Kier molecular flexibility index (Phi) is 3.53. The van der Waals surface area contributed by atoms with Crippen LogP contribution in [-0.4, -0.2) is 5.91 Å². The number of hydrogen-bond donors (Lipinski definition) is 2. The second-order valence-corrected chi connectivity index (χ2v) is 4.48. The first-order valence-electron chi connectivity index (χ1n) is 5.49. The van der Waals surface area contributed by atoms with Gasteiger partial charge in [-0.05, 0) is 41.8 Å². The molecule has 0 saturated heterocycles. The highest BCUT2D eigenvalue weighted by Gasteiger charge is 2.14. The first-order valence-corrected chi connectivity index (χ1v) is 5.87. The standard InChI is InChI=1S/C7H5Cl.C7H8N2O/c8-7-2-1-5-3-6(5)4-7;8-6-4-2-1-3-5(6)7(9)10/h1-2,4H,3H2;1-4H,8H2,(H2,9,10). The molecule has 0 aromatic heterocycles. The van der Waals surface area contributed by atoms with Gasteiger partial charge in [-0.25, -0.2) is 0 Å². The molecule has 0 heterocycles. The number of primary amides is 1. The second kappa shape index (κ2) is 5.10. The highest BCUT2D eigenvalue weighted by molar-refractivity contribution is 6.30. The van der Waals surface area contributed by atoms with Gasteiger partial charge in [0.15, 0.2) is 0 Å². The Morgan fingerprint density at radius 1 is 1.11 bits per heavy atom. The number of carbonyl (C=O) groups excluding carboxylic acids is 1. The van der Waals surface area contributed by atoms with Crippen LogP contribution >= 0.6 is 11.6 Å². The highest BCUT2D eigenvalue weighted by atomic mass is 35.5. The van der Waals surface area contributed by atoms with Gasteiger partial charge in [-0.15, -0.1) is 0 Å². The number of rotatable bonds is 1. The van der Waals surface area contributed by atoms with Crippen molar-refractivity contribution >= 4 is 23.2 Å². The molecule has 1 aliphatic carbocycles. The molecule has 0 saturated carbocycles. The van der Waals surface area contributed by atoms with Crippen LogP contribution in [0, 0.1) is 0 Å². The topological polar surface area (TPSA) is 69.1 Å². The lowest BCUT2D eigenvalue weighted by Crippen LogP contribution is -2.12. The van der Waals surface area contributed by atoms with Crippen LogP contribution in [0.3, 0.4) is 0 Å². The van der Waals surface area contributed by atoms with Gasteiger partial charge in [0.05, 0.1) is 5.56 Å². The third-order valence-corrected chi connectivity index (χ3v) is 2.89. The molecule has 0 spiro atoms. The largest absolute Gasteiger partial charge is 0.398 e. The number of carbonyl (C=O) groups is 1. The third kappa shape index (κ3) is 3.02. The maximum atomic E-state index is 10.6. The molecular weight excluding hydrogens is 248 g/mol. The summed E-state index contributed by atoms with van der Waals surface area (Å²) in [6.45, 7) is 0. The van der Waals surface area contributed by atoms with Crippen molar-refractivity contribution < 1.29 is 4.79 Å². The lowest BCUT2D eigenvalue weighted by atomic mass is 10.2. The zero-order chi connectivity index (χ0) is 13.1. The van der Waals surface area contributed by atoms with Crippen molar-refractivity contribution in [2.24, 2.45) is 5.73 Å². The summed E-state index contributed by atoms with van der Waals surface area (Å²) >= 11 is 5.68. The van der Waals surface area contributed by atoms with Crippen LogP contribution < -0.4 is 11.5 Å². The summed E-state index contributed by atoms with van der Waals surface area (Å²) in [5.74, 6) is -0.488. The van der Waals surface area contributed by atoms with E-state index in [1.807, 2.05) is 12.1 Å². The molecule has 1 aliphatic rings. The summed E-state index contributed by atoms with van der Waals surface area (Å²) in [4.78, 5) is 10.6. The number of nitrogen functional groups attached to an aromatic ring is 1. The lowest BCUT2D eigenvalue weighted by molar-refractivity contribution is 0.100. The van der Waals surface area contributed by atoms with Gasteiger partial charge in [0.2, 0.25) is 0 Å². The molecule has 1 amide bonds. The SMILES string of the molecule is Clc1ccc2c(c1)C2.NC(=O)c1ccccc1N. The van der Waals surface area contributed by atoms with Crippen molar-refractivity contribution in [2.75, 3.05) is 5.73 Å². The molecule has 18 heavy (non-hydrogen) atoms. The predicted molar refractivity (Wildman–Crippen MR) is 73.6 cm³/mol. The van der Waals surface area contributed by atoms with Crippen molar-refractivity contribution in [3.63, 3.8) is 0 Å². The van der Waals surface area contributed by atoms with Crippen molar-refractivity contribution in [1.82, 2.24) is 0 Å². The number of fused-ring (bicyclic) bond motifs is 1. The van der Waals surface area contributed by atoms with E-state index in [1.54, 1.807) is 24.3 Å². The molecule has 4 N–H and O–H groups in total. The van der Waals surface area contributed by atoms with E-state index >= 15 is 0 Å². The molecule has 3 nitrogen and oxygen atoms in total. The van der Waals surface area contributed by atoms with Crippen LogP contribution in [0.15, 0.2) is 42.5 Å². The monoisotopic (exact) mass is 260 g/mol. The zero-order valence-corrected chi connectivity index (χ0v) is 10.4. The third-order valence-electron chi connectivity index (χ3n) is 2.65. The van der Waals surface area contributed by atoms with Crippen LogP contribution in [0.1, 0.15) is 21.5 Å². The van der Waals surface area contributed by atoms with Crippen molar-refractivity contribution in [3.05, 3.63) is 64.2 Å². The molecule has 2 aromatic carbocycles. The minimum absolute atomic E-state index is 0.377. The number of benzene rings is 2. The average molecular weight is 261 g/mol. The lowest BCUT2D eigenvalue weighted by Gasteiger charge is -1.97. The summed E-state index contributed by atoms with van der Waals surface area (Å²) in [6, 6.07) is 12.7. The Hall–Kier alpha value is -2.00. The Balaban J connectivity index is 0.000000136. The van der Waals surface area contributed by atoms with E-state index in [0.717, 1.165) is 11.4 Å². The fourth-order valence-electron chi connectivity index (χ4n) is 1.59. The molecular formula is C14H13ClN2O. The van der Waals surface area contributed by atoms with Gasteiger partial charge in [-0.1, -0.05) is 29.8 Å². The van der Waals surface area contributed by atoms with E-state index in [0.29, 0.717) is 11.3 Å². The molecule has 0 atom stereocenters. The van der Waals surface area contributed by atoms with Crippen molar-refractivity contribution in [1.29, 1.82) is 0 Å². The van der Waals surface area contributed by atoms with Gasteiger partial charge in [0.25, 0.3) is 5.91 Å². The number of amides is 1. The first kappa shape index (κ1) is 12.5. The number of halogens is 1. The molecule has 4 heteroatoms.